The van der Waals surface area contributed by atoms with E-state index in [1.54, 1.807) is 13.8 Å². The van der Waals surface area contributed by atoms with Gasteiger partial charge in [-0.3, -0.25) is 0 Å². The maximum absolute atomic E-state index is 11.3. The van der Waals surface area contributed by atoms with Crippen molar-refractivity contribution in [3.63, 3.8) is 0 Å². The zero-order valence-corrected chi connectivity index (χ0v) is 10.1. The molecule has 0 aliphatic rings. The van der Waals surface area contributed by atoms with E-state index in [9.17, 15) is 9.59 Å². The van der Waals surface area contributed by atoms with Gasteiger partial charge >= 0.3 is 12.1 Å². The van der Waals surface area contributed by atoms with E-state index in [2.05, 4.69) is 5.32 Å². The Balaban J connectivity index is 4.16. The van der Waals surface area contributed by atoms with Crippen LogP contribution >= 0.6 is 0 Å². The van der Waals surface area contributed by atoms with Crippen LogP contribution in [-0.4, -0.2) is 29.8 Å². The Morgan fingerprint density at radius 3 is 2.38 bits per heavy atom. The molecule has 0 aromatic heterocycles. The fourth-order valence-corrected chi connectivity index (χ4v) is 0.945. The number of amides is 1. The van der Waals surface area contributed by atoms with Crippen molar-refractivity contribution < 1.29 is 19.4 Å². The summed E-state index contributed by atoms with van der Waals surface area (Å²) in [5.41, 5.74) is 0.909. The summed E-state index contributed by atoms with van der Waals surface area (Å²) in [5, 5.41) is 11.1. The monoisotopic (exact) mass is 229 g/mol. The number of alkyl carbamates (subject to hydrolysis) is 1. The molecule has 92 valence electrons. The van der Waals surface area contributed by atoms with E-state index >= 15 is 0 Å². The molecule has 0 aromatic rings. The highest BCUT2D eigenvalue weighted by Gasteiger charge is 2.23. The van der Waals surface area contributed by atoms with Crippen molar-refractivity contribution in [1.82, 2.24) is 5.32 Å². The minimum atomic E-state index is -1.06. The summed E-state index contributed by atoms with van der Waals surface area (Å²) in [7, 11) is 0. The lowest BCUT2D eigenvalue weighted by molar-refractivity contribution is -0.140. The van der Waals surface area contributed by atoms with Crippen LogP contribution in [0.5, 0.6) is 0 Å². The van der Waals surface area contributed by atoms with Gasteiger partial charge in [0.2, 0.25) is 0 Å². The summed E-state index contributed by atoms with van der Waals surface area (Å²) in [6.07, 6.45) is 1.12. The number of carbonyl (C=O) groups is 2. The van der Waals surface area contributed by atoms with E-state index in [1.165, 1.54) is 0 Å². The van der Waals surface area contributed by atoms with Gasteiger partial charge in [-0.15, -0.1) is 0 Å². The summed E-state index contributed by atoms with van der Waals surface area (Å²) in [6.45, 7) is 7.27. The van der Waals surface area contributed by atoms with Crippen LogP contribution in [0.15, 0.2) is 11.6 Å². The Kier molecular flexibility index (Phi) is 6.22. The molecule has 0 aliphatic carbocycles. The molecule has 16 heavy (non-hydrogen) atoms. The molecule has 0 rings (SSSR count). The number of aliphatic carboxylic acids is 1. The lowest BCUT2D eigenvalue weighted by Gasteiger charge is -2.17. The van der Waals surface area contributed by atoms with E-state index in [0.29, 0.717) is 0 Å². The maximum Gasteiger partial charge on any atom is 0.408 e. The van der Waals surface area contributed by atoms with Crippen molar-refractivity contribution in [1.29, 1.82) is 0 Å². The number of carboxylic acid groups (broad SMARTS) is 1. The first-order valence-electron chi connectivity index (χ1n) is 5.16. The highest BCUT2D eigenvalue weighted by Crippen LogP contribution is 2.02. The Hall–Kier alpha value is -1.52. The lowest BCUT2D eigenvalue weighted by atomic mass is 10.1. The van der Waals surface area contributed by atoms with Crippen molar-refractivity contribution in [3.05, 3.63) is 11.6 Å². The van der Waals surface area contributed by atoms with E-state index in [0.717, 1.165) is 5.57 Å². The lowest BCUT2D eigenvalue weighted by Crippen LogP contribution is -2.44. The molecule has 1 atom stereocenters. The first-order valence-corrected chi connectivity index (χ1v) is 5.16. The number of hydrogen-bond donors (Lipinski definition) is 2. The third-order valence-corrected chi connectivity index (χ3v) is 2.13. The van der Waals surface area contributed by atoms with Gasteiger partial charge in [0.1, 0.15) is 12.6 Å². The Morgan fingerprint density at radius 1 is 1.44 bits per heavy atom. The molecule has 1 amide bonds. The topological polar surface area (TPSA) is 75.6 Å². The number of rotatable bonds is 5. The number of carboxylic acids is 1. The summed E-state index contributed by atoms with van der Waals surface area (Å²) in [6, 6.07) is -0.918. The van der Waals surface area contributed by atoms with Crippen LogP contribution in [0, 0.1) is 5.92 Å². The van der Waals surface area contributed by atoms with Crippen LogP contribution in [0.1, 0.15) is 27.7 Å². The van der Waals surface area contributed by atoms with Crippen LogP contribution in [0.2, 0.25) is 0 Å². The summed E-state index contributed by atoms with van der Waals surface area (Å²) in [5.74, 6) is -1.25. The number of hydrogen-bond acceptors (Lipinski definition) is 3. The molecule has 0 bridgehead atoms. The molecule has 0 aliphatic heterocycles. The molecular formula is C11H19NO4. The summed E-state index contributed by atoms with van der Waals surface area (Å²) >= 11 is 0. The van der Waals surface area contributed by atoms with Crippen LogP contribution in [-0.2, 0) is 9.53 Å². The average Bonchev–Trinajstić information content (AvgIpc) is 2.21. The van der Waals surface area contributed by atoms with Gasteiger partial charge in [0.05, 0.1) is 0 Å². The van der Waals surface area contributed by atoms with E-state index in [-0.39, 0.29) is 12.5 Å². The van der Waals surface area contributed by atoms with E-state index in [1.807, 2.05) is 19.9 Å². The van der Waals surface area contributed by atoms with Crippen molar-refractivity contribution in [3.8, 4) is 0 Å². The number of ether oxygens (including phenoxy) is 1. The zero-order chi connectivity index (χ0) is 12.7. The zero-order valence-electron chi connectivity index (χ0n) is 10.1. The smallest absolute Gasteiger partial charge is 0.408 e. The van der Waals surface area contributed by atoms with Gasteiger partial charge in [-0.25, -0.2) is 9.59 Å². The second-order valence-electron chi connectivity index (χ2n) is 3.92. The van der Waals surface area contributed by atoms with Crippen LogP contribution in [0.4, 0.5) is 4.79 Å². The SMILES string of the molecule is C/C=C(\C)COC(=O)NC(C(=O)O)C(C)C. The quantitative estimate of drug-likeness (QED) is 0.705. The van der Waals surface area contributed by atoms with Crippen LogP contribution in [0.25, 0.3) is 0 Å². The highest BCUT2D eigenvalue weighted by atomic mass is 16.5. The summed E-state index contributed by atoms with van der Waals surface area (Å²) < 4.78 is 4.84. The minimum Gasteiger partial charge on any atom is -0.480 e. The van der Waals surface area contributed by atoms with Crippen molar-refractivity contribution in [2.24, 2.45) is 5.92 Å². The molecule has 0 fully saturated rings. The van der Waals surface area contributed by atoms with Gasteiger partial charge in [0.25, 0.3) is 0 Å². The average molecular weight is 229 g/mol. The van der Waals surface area contributed by atoms with E-state index in [4.69, 9.17) is 9.84 Å². The van der Waals surface area contributed by atoms with Gasteiger partial charge in [-0.05, 0) is 25.3 Å². The molecule has 5 heteroatoms. The minimum absolute atomic E-state index is 0.173. The number of allylic oxidation sites excluding steroid dienone is 1. The second kappa shape index (κ2) is 6.87. The van der Waals surface area contributed by atoms with Gasteiger partial charge < -0.3 is 15.2 Å². The third-order valence-electron chi connectivity index (χ3n) is 2.13. The summed E-state index contributed by atoms with van der Waals surface area (Å²) in [4.78, 5) is 22.0. The van der Waals surface area contributed by atoms with Gasteiger partial charge in [0.15, 0.2) is 0 Å². The van der Waals surface area contributed by atoms with Crippen LogP contribution in [0.3, 0.4) is 0 Å². The first kappa shape index (κ1) is 14.5. The highest BCUT2D eigenvalue weighted by molar-refractivity contribution is 5.80. The Labute approximate surface area is 95.5 Å². The third kappa shape index (κ3) is 5.38. The largest absolute Gasteiger partial charge is 0.480 e. The van der Waals surface area contributed by atoms with Crippen LogP contribution < -0.4 is 5.32 Å². The number of carbonyl (C=O) groups excluding carboxylic acids is 1. The molecule has 2 N–H and O–H groups in total. The molecule has 0 saturated heterocycles. The standard InChI is InChI=1S/C11H19NO4/c1-5-8(4)6-16-11(15)12-9(7(2)3)10(13)14/h5,7,9H,6H2,1-4H3,(H,12,15)(H,13,14)/b8-5+. The molecule has 0 radical (unpaired) electrons. The molecule has 0 heterocycles. The Bertz CT molecular complexity index is 284. The van der Waals surface area contributed by atoms with E-state index < -0.39 is 18.1 Å². The molecule has 0 saturated carbocycles. The Morgan fingerprint density at radius 2 is 2.00 bits per heavy atom. The molecule has 1 unspecified atom stereocenters. The van der Waals surface area contributed by atoms with Crippen molar-refractivity contribution in [2.45, 2.75) is 33.7 Å². The predicted octanol–water partition coefficient (Wildman–Crippen LogP) is 1.79. The predicted molar refractivity (Wildman–Crippen MR) is 60.2 cm³/mol. The van der Waals surface area contributed by atoms with Gasteiger partial charge in [-0.2, -0.15) is 0 Å². The van der Waals surface area contributed by atoms with Crippen molar-refractivity contribution >= 4 is 12.1 Å². The van der Waals surface area contributed by atoms with Gasteiger partial charge in [-0.1, -0.05) is 19.9 Å². The fraction of sp³-hybridized carbons (Fsp3) is 0.636. The first-order chi connectivity index (χ1) is 7.38. The molecule has 5 nitrogen and oxygen atoms in total. The maximum atomic E-state index is 11.3. The number of nitrogens with one attached hydrogen (secondary N) is 1. The molecule has 0 aromatic carbocycles. The molecule has 0 spiro atoms. The van der Waals surface area contributed by atoms with Gasteiger partial charge in [0, 0.05) is 0 Å². The molecular weight excluding hydrogens is 210 g/mol. The van der Waals surface area contributed by atoms with Crippen molar-refractivity contribution in [2.75, 3.05) is 6.61 Å². The fourth-order valence-electron chi connectivity index (χ4n) is 0.945. The normalized spacial score (nSPS) is 13.4. The second-order valence-corrected chi connectivity index (χ2v) is 3.92.